The Morgan fingerprint density at radius 3 is 2.50 bits per heavy atom. The van der Waals surface area contributed by atoms with Gasteiger partial charge in [0, 0.05) is 19.6 Å². The Hall–Kier alpha value is -0.730. The highest BCUT2D eigenvalue weighted by atomic mass is 16.2. The molecular formula is C13H24N2O. The van der Waals surface area contributed by atoms with Crippen LogP contribution in [0.2, 0.25) is 0 Å². The molecule has 1 saturated heterocycles. The molecule has 1 aliphatic carbocycles. The minimum Gasteiger partial charge on any atom is -0.337 e. The number of carbonyl (C=O) groups is 1. The Kier molecular flexibility index (Phi) is 3.41. The van der Waals surface area contributed by atoms with E-state index in [1.165, 1.54) is 19.3 Å². The van der Waals surface area contributed by atoms with E-state index in [0.29, 0.717) is 5.41 Å². The Morgan fingerprint density at radius 2 is 2.00 bits per heavy atom. The Bertz CT molecular complexity index is 253. The Balaban J connectivity index is 1.71. The first-order valence-electron chi connectivity index (χ1n) is 6.62. The van der Waals surface area contributed by atoms with Crippen LogP contribution in [0.15, 0.2) is 0 Å². The van der Waals surface area contributed by atoms with Crippen LogP contribution in [0, 0.1) is 11.3 Å². The number of likely N-dealkylation sites (tertiary alicyclic amines) is 1. The van der Waals surface area contributed by atoms with Crippen molar-refractivity contribution in [2.24, 2.45) is 11.3 Å². The van der Waals surface area contributed by atoms with Gasteiger partial charge in [-0.05, 0) is 37.0 Å². The van der Waals surface area contributed by atoms with Crippen LogP contribution < -0.4 is 5.32 Å². The molecule has 0 unspecified atom stereocenters. The molecule has 0 aromatic rings. The van der Waals surface area contributed by atoms with Gasteiger partial charge in [0.25, 0.3) is 0 Å². The normalized spacial score (nSPS) is 25.0. The van der Waals surface area contributed by atoms with E-state index in [1.54, 1.807) is 0 Å². The second-order valence-corrected chi connectivity index (χ2v) is 5.99. The van der Waals surface area contributed by atoms with Gasteiger partial charge < -0.3 is 10.2 Å². The zero-order chi connectivity index (χ0) is 11.6. The van der Waals surface area contributed by atoms with Crippen molar-refractivity contribution < 1.29 is 4.79 Å². The minimum atomic E-state index is 0.153. The number of carbonyl (C=O) groups excluding carboxylic acids is 1. The highest BCUT2D eigenvalue weighted by molar-refractivity contribution is 5.74. The maximum atomic E-state index is 11.9. The molecular weight excluding hydrogens is 200 g/mol. The zero-order valence-corrected chi connectivity index (χ0v) is 10.6. The number of hydrogen-bond acceptors (Lipinski definition) is 1. The number of urea groups is 1. The third kappa shape index (κ3) is 2.69. The summed E-state index contributed by atoms with van der Waals surface area (Å²) < 4.78 is 0. The maximum Gasteiger partial charge on any atom is 0.317 e. The predicted molar refractivity (Wildman–Crippen MR) is 65.3 cm³/mol. The summed E-state index contributed by atoms with van der Waals surface area (Å²) in [5.41, 5.74) is 0.388. The van der Waals surface area contributed by atoms with E-state index in [4.69, 9.17) is 0 Å². The van der Waals surface area contributed by atoms with E-state index in [2.05, 4.69) is 19.2 Å². The van der Waals surface area contributed by atoms with Gasteiger partial charge in [-0.3, -0.25) is 0 Å². The monoisotopic (exact) mass is 224 g/mol. The fourth-order valence-electron chi connectivity index (χ4n) is 2.57. The molecule has 0 aromatic carbocycles. The molecule has 0 bridgehead atoms. The molecule has 3 nitrogen and oxygen atoms in total. The summed E-state index contributed by atoms with van der Waals surface area (Å²) in [7, 11) is 0. The number of rotatable bonds is 2. The molecule has 16 heavy (non-hydrogen) atoms. The largest absolute Gasteiger partial charge is 0.337 e. The van der Waals surface area contributed by atoms with Crippen LogP contribution in [0.5, 0.6) is 0 Å². The lowest BCUT2D eigenvalue weighted by Crippen LogP contribution is -2.48. The molecule has 2 fully saturated rings. The molecule has 2 aliphatic rings. The van der Waals surface area contributed by atoms with Crippen molar-refractivity contribution in [1.29, 1.82) is 0 Å². The van der Waals surface area contributed by atoms with E-state index in [0.717, 1.165) is 38.4 Å². The van der Waals surface area contributed by atoms with Crippen LogP contribution in [-0.2, 0) is 0 Å². The Morgan fingerprint density at radius 1 is 1.38 bits per heavy atom. The lowest BCUT2D eigenvalue weighted by atomic mass is 9.70. The van der Waals surface area contributed by atoms with Gasteiger partial charge in [-0.15, -0.1) is 0 Å². The van der Waals surface area contributed by atoms with Crippen molar-refractivity contribution in [3.05, 3.63) is 0 Å². The third-order valence-corrected chi connectivity index (χ3v) is 4.30. The second kappa shape index (κ2) is 4.64. The van der Waals surface area contributed by atoms with Gasteiger partial charge in [-0.25, -0.2) is 4.79 Å². The first-order valence-corrected chi connectivity index (χ1v) is 6.62. The fourth-order valence-corrected chi connectivity index (χ4v) is 2.57. The van der Waals surface area contributed by atoms with Crippen molar-refractivity contribution in [2.75, 3.05) is 19.6 Å². The first-order chi connectivity index (χ1) is 7.59. The van der Waals surface area contributed by atoms with Crippen molar-refractivity contribution >= 4 is 6.03 Å². The van der Waals surface area contributed by atoms with Crippen LogP contribution in [0.25, 0.3) is 0 Å². The van der Waals surface area contributed by atoms with Crippen LogP contribution in [0.3, 0.4) is 0 Å². The van der Waals surface area contributed by atoms with Crippen LogP contribution in [0.4, 0.5) is 4.79 Å². The molecule has 1 N–H and O–H groups in total. The van der Waals surface area contributed by atoms with Crippen molar-refractivity contribution in [3.8, 4) is 0 Å². The summed E-state index contributed by atoms with van der Waals surface area (Å²) in [6.07, 6.45) is 6.18. The first kappa shape index (κ1) is 11.7. The van der Waals surface area contributed by atoms with Crippen LogP contribution in [-0.4, -0.2) is 30.6 Å². The summed E-state index contributed by atoms with van der Waals surface area (Å²) >= 11 is 0. The van der Waals surface area contributed by atoms with Gasteiger partial charge in [0.2, 0.25) is 0 Å². The van der Waals surface area contributed by atoms with Crippen molar-refractivity contribution in [3.63, 3.8) is 0 Å². The number of nitrogens with zero attached hydrogens (tertiary/aromatic N) is 1. The standard InChI is InChI=1S/C13H24N2O/c1-11-4-8-15(9-5-11)12(16)14-10-13(2)6-3-7-13/h11H,3-10H2,1-2H3,(H,14,16). The summed E-state index contributed by atoms with van der Waals surface area (Å²) in [5, 5.41) is 3.10. The number of piperidine rings is 1. The van der Waals surface area contributed by atoms with Gasteiger partial charge in [0.1, 0.15) is 0 Å². The van der Waals surface area contributed by atoms with Gasteiger partial charge in [0.15, 0.2) is 0 Å². The minimum absolute atomic E-state index is 0.153. The number of hydrogen-bond donors (Lipinski definition) is 1. The van der Waals surface area contributed by atoms with Crippen LogP contribution >= 0.6 is 0 Å². The SMILES string of the molecule is CC1CCN(C(=O)NCC2(C)CCC2)CC1. The highest BCUT2D eigenvalue weighted by Crippen LogP contribution is 2.39. The number of amides is 2. The number of nitrogens with one attached hydrogen (secondary N) is 1. The van der Waals surface area contributed by atoms with Crippen molar-refractivity contribution in [1.82, 2.24) is 10.2 Å². The molecule has 92 valence electrons. The fraction of sp³-hybridized carbons (Fsp3) is 0.923. The van der Waals surface area contributed by atoms with Gasteiger partial charge in [-0.1, -0.05) is 20.3 Å². The quantitative estimate of drug-likeness (QED) is 0.768. The Labute approximate surface area is 98.6 Å². The molecule has 3 heteroatoms. The topological polar surface area (TPSA) is 32.3 Å². The maximum absolute atomic E-state index is 11.9. The molecule has 0 spiro atoms. The van der Waals surface area contributed by atoms with Crippen molar-refractivity contribution in [2.45, 2.75) is 46.0 Å². The average Bonchev–Trinajstić information content (AvgIpc) is 2.24. The van der Waals surface area contributed by atoms with Gasteiger partial charge in [-0.2, -0.15) is 0 Å². The summed E-state index contributed by atoms with van der Waals surface area (Å²) in [6, 6.07) is 0.153. The predicted octanol–water partition coefficient (Wildman–Crippen LogP) is 2.62. The highest BCUT2D eigenvalue weighted by Gasteiger charge is 2.32. The molecule has 2 rings (SSSR count). The molecule has 0 aromatic heterocycles. The zero-order valence-electron chi connectivity index (χ0n) is 10.6. The molecule has 1 aliphatic heterocycles. The van der Waals surface area contributed by atoms with Crippen LogP contribution in [0.1, 0.15) is 46.0 Å². The second-order valence-electron chi connectivity index (χ2n) is 5.99. The molecule has 1 saturated carbocycles. The summed E-state index contributed by atoms with van der Waals surface area (Å²) in [6.45, 7) is 7.27. The molecule has 0 radical (unpaired) electrons. The molecule has 1 heterocycles. The molecule has 0 atom stereocenters. The summed E-state index contributed by atoms with van der Waals surface area (Å²) in [5.74, 6) is 0.785. The summed E-state index contributed by atoms with van der Waals surface area (Å²) in [4.78, 5) is 13.9. The van der Waals surface area contributed by atoms with E-state index in [-0.39, 0.29) is 6.03 Å². The lowest BCUT2D eigenvalue weighted by Gasteiger charge is -2.39. The van der Waals surface area contributed by atoms with E-state index >= 15 is 0 Å². The van der Waals surface area contributed by atoms with E-state index in [9.17, 15) is 4.79 Å². The molecule has 2 amide bonds. The van der Waals surface area contributed by atoms with Gasteiger partial charge in [0.05, 0.1) is 0 Å². The smallest absolute Gasteiger partial charge is 0.317 e. The third-order valence-electron chi connectivity index (χ3n) is 4.30. The van der Waals surface area contributed by atoms with E-state index < -0.39 is 0 Å². The lowest BCUT2D eigenvalue weighted by molar-refractivity contribution is 0.140. The van der Waals surface area contributed by atoms with Gasteiger partial charge >= 0.3 is 6.03 Å². The van der Waals surface area contributed by atoms with E-state index in [1.807, 2.05) is 4.90 Å². The average molecular weight is 224 g/mol.